The Labute approximate surface area is 154 Å². The number of aryl methyl sites for hydroxylation is 1. The minimum Gasteiger partial charge on any atom is -0.348 e. The number of thioether (sulfide) groups is 1. The third kappa shape index (κ3) is 4.71. The molecule has 0 aromatic carbocycles. The van der Waals surface area contributed by atoms with Crippen molar-refractivity contribution in [1.82, 2.24) is 24.8 Å². The number of tetrazole rings is 1. The molecule has 0 bridgehead atoms. The Balaban J connectivity index is 2.10. The molecular weight excluding hydrogens is 334 g/mol. The molecule has 0 aliphatic carbocycles. The first-order chi connectivity index (χ1) is 11.6. The molecule has 0 atom stereocenters. The number of hydrogen-bond donors (Lipinski definition) is 0. The Morgan fingerprint density at radius 2 is 1.96 bits per heavy atom. The van der Waals surface area contributed by atoms with Crippen LogP contribution in [0.4, 0.5) is 0 Å². The van der Waals surface area contributed by atoms with Crippen LogP contribution < -0.4 is 0 Å². The molecule has 0 amide bonds. The van der Waals surface area contributed by atoms with Crippen molar-refractivity contribution in [1.29, 1.82) is 0 Å². The van der Waals surface area contributed by atoms with Crippen LogP contribution in [0.3, 0.4) is 0 Å². The van der Waals surface area contributed by atoms with Crippen LogP contribution in [0.25, 0.3) is 0 Å². The van der Waals surface area contributed by atoms with Crippen LogP contribution in [-0.2, 0) is 12.1 Å². The molecule has 2 heterocycles. The topological polar surface area (TPSA) is 65.6 Å². The van der Waals surface area contributed by atoms with Crippen molar-refractivity contribution in [3.05, 3.63) is 23.0 Å². The number of ketones is 1. The largest absolute Gasteiger partial charge is 0.348 e. The second kappa shape index (κ2) is 7.72. The van der Waals surface area contributed by atoms with Crippen molar-refractivity contribution in [3.8, 4) is 0 Å². The van der Waals surface area contributed by atoms with Crippen LogP contribution in [0, 0.1) is 19.8 Å². The van der Waals surface area contributed by atoms with E-state index in [9.17, 15) is 4.79 Å². The van der Waals surface area contributed by atoms with Crippen molar-refractivity contribution >= 4 is 17.5 Å². The van der Waals surface area contributed by atoms with Gasteiger partial charge in [0.15, 0.2) is 5.78 Å². The summed E-state index contributed by atoms with van der Waals surface area (Å²) in [6.45, 7) is 15.6. The molecule has 0 N–H and O–H groups in total. The van der Waals surface area contributed by atoms with Gasteiger partial charge in [-0.1, -0.05) is 25.6 Å². The summed E-state index contributed by atoms with van der Waals surface area (Å²) < 4.78 is 4.01. The Kier molecular flexibility index (Phi) is 6.08. The lowest BCUT2D eigenvalue weighted by atomic mass is 10.1. The number of Topliss-reactive ketones (excluding diaryl/α,β-unsaturated/α-hetero) is 1. The minimum atomic E-state index is -0.207. The highest BCUT2D eigenvalue weighted by atomic mass is 32.2. The highest BCUT2D eigenvalue weighted by Crippen LogP contribution is 2.24. The number of rotatable bonds is 7. The summed E-state index contributed by atoms with van der Waals surface area (Å²) in [6.07, 6.45) is 1.11. The van der Waals surface area contributed by atoms with Crippen molar-refractivity contribution in [2.45, 2.75) is 72.1 Å². The highest BCUT2D eigenvalue weighted by molar-refractivity contribution is 7.99. The fourth-order valence-corrected chi connectivity index (χ4v) is 3.66. The van der Waals surface area contributed by atoms with Gasteiger partial charge in [-0.05, 0) is 63.5 Å². The Bertz CT molecular complexity index is 739. The first-order valence-corrected chi connectivity index (χ1v) is 9.71. The van der Waals surface area contributed by atoms with Gasteiger partial charge in [-0.2, -0.15) is 0 Å². The summed E-state index contributed by atoms with van der Waals surface area (Å²) >= 11 is 1.39. The molecule has 7 heteroatoms. The molecule has 0 saturated carbocycles. The lowest BCUT2D eigenvalue weighted by Crippen LogP contribution is -2.24. The van der Waals surface area contributed by atoms with E-state index in [0.29, 0.717) is 16.8 Å². The lowest BCUT2D eigenvalue weighted by Gasteiger charge is -2.19. The normalized spacial score (nSPS) is 12.2. The number of carbonyl (C=O) groups excluding carboxylic acids is 1. The molecular formula is C18H29N5OS. The Morgan fingerprint density at radius 1 is 1.28 bits per heavy atom. The summed E-state index contributed by atoms with van der Waals surface area (Å²) in [5, 5.41) is 12.5. The third-order valence-corrected chi connectivity index (χ3v) is 5.13. The molecule has 0 fully saturated rings. The predicted molar refractivity (Wildman–Crippen MR) is 101 cm³/mol. The standard InChI is InChI=1S/C18H29N5OS/c1-12(2)8-9-22-13(3)10-15(14(22)4)16(24)11-25-17-19-20-21-23(17)18(5,6)7/h10,12H,8-9,11H2,1-7H3. The smallest absolute Gasteiger partial charge is 0.210 e. The van der Waals surface area contributed by atoms with Crippen molar-refractivity contribution in [3.63, 3.8) is 0 Å². The highest BCUT2D eigenvalue weighted by Gasteiger charge is 2.22. The van der Waals surface area contributed by atoms with Crippen LogP contribution in [-0.4, -0.2) is 36.3 Å². The quantitative estimate of drug-likeness (QED) is 0.552. The van der Waals surface area contributed by atoms with Gasteiger partial charge >= 0.3 is 0 Å². The molecule has 0 unspecified atom stereocenters. The minimum absolute atomic E-state index is 0.123. The SMILES string of the molecule is Cc1cc(C(=O)CSc2nnnn2C(C)(C)C)c(C)n1CCC(C)C. The molecule has 0 aliphatic rings. The maximum absolute atomic E-state index is 12.7. The summed E-state index contributed by atoms with van der Waals surface area (Å²) in [5.74, 6) is 1.11. The van der Waals surface area contributed by atoms with Crippen molar-refractivity contribution in [2.75, 3.05) is 5.75 Å². The zero-order chi connectivity index (χ0) is 18.8. The summed E-state index contributed by atoms with van der Waals surface area (Å²) in [4.78, 5) is 12.7. The monoisotopic (exact) mass is 363 g/mol. The molecule has 0 saturated heterocycles. The summed E-state index contributed by atoms with van der Waals surface area (Å²) in [7, 11) is 0. The van der Waals surface area contributed by atoms with Crippen molar-refractivity contribution in [2.24, 2.45) is 5.92 Å². The second-order valence-corrected chi connectivity index (χ2v) is 8.82. The van der Waals surface area contributed by atoms with Gasteiger partial charge in [0.25, 0.3) is 0 Å². The van der Waals surface area contributed by atoms with Crippen LogP contribution in [0.5, 0.6) is 0 Å². The number of aromatic nitrogens is 5. The van der Waals surface area contributed by atoms with Gasteiger partial charge in [0, 0.05) is 23.5 Å². The fourth-order valence-electron chi connectivity index (χ4n) is 2.71. The molecule has 0 radical (unpaired) electrons. The predicted octanol–water partition coefficient (Wildman–Crippen LogP) is 3.87. The van der Waals surface area contributed by atoms with Gasteiger partial charge in [0.2, 0.25) is 5.16 Å². The summed E-state index contributed by atoms with van der Waals surface area (Å²) in [6, 6.07) is 2.01. The molecule has 138 valence electrons. The van der Waals surface area contributed by atoms with E-state index in [4.69, 9.17) is 0 Å². The number of nitrogens with zero attached hydrogens (tertiary/aromatic N) is 5. The maximum atomic E-state index is 12.7. The van der Waals surface area contributed by atoms with E-state index in [-0.39, 0.29) is 11.3 Å². The van der Waals surface area contributed by atoms with E-state index < -0.39 is 0 Å². The van der Waals surface area contributed by atoms with Crippen LogP contribution >= 0.6 is 11.8 Å². The van der Waals surface area contributed by atoms with E-state index in [0.717, 1.165) is 29.9 Å². The third-order valence-electron chi connectivity index (χ3n) is 4.21. The van der Waals surface area contributed by atoms with Crippen LogP contribution in [0.1, 0.15) is 62.8 Å². The lowest BCUT2D eigenvalue weighted by molar-refractivity contribution is 0.102. The van der Waals surface area contributed by atoms with E-state index in [1.54, 1.807) is 4.68 Å². The Hall–Kier alpha value is -1.63. The number of carbonyl (C=O) groups is 1. The first kappa shape index (κ1) is 19.7. The zero-order valence-electron chi connectivity index (χ0n) is 16.3. The van der Waals surface area contributed by atoms with Crippen molar-refractivity contribution < 1.29 is 4.79 Å². The molecule has 0 spiro atoms. The van der Waals surface area contributed by atoms with Gasteiger partial charge in [0.1, 0.15) is 0 Å². The van der Waals surface area contributed by atoms with Gasteiger partial charge in [-0.3, -0.25) is 4.79 Å². The van der Waals surface area contributed by atoms with Crippen LogP contribution in [0.2, 0.25) is 0 Å². The van der Waals surface area contributed by atoms with Gasteiger partial charge in [0.05, 0.1) is 11.3 Å². The van der Waals surface area contributed by atoms with E-state index in [1.165, 1.54) is 11.8 Å². The molecule has 0 aliphatic heterocycles. The average molecular weight is 364 g/mol. The zero-order valence-corrected chi connectivity index (χ0v) is 17.1. The number of hydrogen-bond acceptors (Lipinski definition) is 5. The first-order valence-electron chi connectivity index (χ1n) is 8.73. The van der Waals surface area contributed by atoms with Crippen LogP contribution in [0.15, 0.2) is 11.2 Å². The van der Waals surface area contributed by atoms with Gasteiger partial charge < -0.3 is 4.57 Å². The molecule has 2 aromatic heterocycles. The van der Waals surface area contributed by atoms with E-state index in [1.807, 2.05) is 33.8 Å². The fraction of sp³-hybridized carbons (Fsp3) is 0.667. The molecule has 2 aromatic rings. The van der Waals surface area contributed by atoms with Gasteiger partial charge in [-0.25, -0.2) is 4.68 Å². The van der Waals surface area contributed by atoms with E-state index >= 15 is 0 Å². The maximum Gasteiger partial charge on any atom is 0.210 e. The van der Waals surface area contributed by atoms with Gasteiger partial charge in [-0.15, -0.1) is 5.10 Å². The average Bonchev–Trinajstić information content (AvgIpc) is 3.08. The Morgan fingerprint density at radius 3 is 2.56 bits per heavy atom. The second-order valence-electron chi connectivity index (χ2n) is 7.87. The van der Waals surface area contributed by atoms with E-state index in [2.05, 4.69) is 40.9 Å². The molecule has 2 rings (SSSR count). The molecule has 25 heavy (non-hydrogen) atoms. The molecule has 6 nitrogen and oxygen atoms in total. The summed E-state index contributed by atoms with van der Waals surface area (Å²) in [5.41, 5.74) is 2.80.